The smallest absolute Gasteiger partial charge is 0.258 e. The van der Waals surface area contributed by atoms with Crippen molar-refractivity contribution >= 4 is 5.71 Å². The maximum atomic E-state index is 12.5. The number of nitrogens with zero attached hydrogens (tertiary/aromatic N) is 1. The minimum atomic E-state index is -4.29. The largest absolute Gasteiger partial charge is 0.416 e. The lowest BCUT2D eigenvalue weighted by Crippen LogP contribution is -2.05. The first-order chi connectivity index (χ1) is 8.75. The van der Waals surface area contributed by atoms with Crippen molar-refractivity contribution in [3.8, 4) is 0 Å². The quantitative estimate of drug-likeness (QED) is 0.667. The van der Waals surface area contributed by atoms with Crippen LogP contribution in [0.4, 0.5) is 13.2 Å². The third-order valence-electron chi connectivity index (χ3n) is 2.84. The van der Waals surface area contributed by atoms with Gasteiger partial charge in [0.1, 0.15) is 0 Å². The monoisotopic (exact) mass is 269 g/mol. The standard InChI is InChI=1S/C15H18F3N/c1-5-14(10(2)3)19-11(4)12-6-8-13(9-7-12)15(16,17)18/h6-9H,5H2,1-4H3. The van der Waals surface area contributed by atoms with Crippen LogP contribution < -0.4 is 0 Å². The topological polar surface area (TPSA) is 12.4 Å². The molecule has 0 unspecified atom stereocenters. The molecule has 0 spiro atoms. The minimum Gasteiger partial charge on any atom is -0.258 e. The molecule has 104 valence electrons. The molecule has 19 heavy (non-hydrogen) atoms. The van der Waals surface area contributed by atoms with E-state index in [0.717, 1.165) is 35.5 Å². The number of halogens is 3. The lowest BCUT2D eigenvalue weighted by Gasteiger charge is -2.08. The molecule has 0 fully saturated rings. The Hall–Kier alpha value is -1.58. The second-order valence-electron chi connectivity index (χ2n) is 4.57. The summed E-state index contributed by atoms with van der Waals surface area (Å²) in [7, 11) is 0. The Morgan fingerprint density at radius 3 is 1.95 bits per heavy atom. The average Bonchev–Trinajstić information content (AvgIpc) is 2.34. The molecular formula is C15H18F3N. The van der Waals surface area contributed by atoms with Crippen molar-refractivity contribution < 1.29 is 13.2 Å². The highest BCUT2D eigenvalue weighted by atomic mass is 19.4. The van der Waals surface area contributed by atoms with Crippen molar-refractivity contribution in [2.24, 2.45) is 4.99 Å². The summed E-state index contributed by atoms with van der Waals surface area (Å²) in [6.07, 6.45) is -3.49. The summed E-state index contributed by atoms with van der Waals surface area (Å²) in [5.74, 6) is 0. The van der Waals surface area contributed by atoms with Crippen molar-refractivity contribution in [3.05, 3.63) is 46.7 Å². The first-order valence-corrected chi connectivity index (χ1v) is 6.15. The van der Waals surface area contributed by atoms with Crippen LogP contribution in [0.1, 0.15) is 45.2 Å². The van der Waals surface area contributed by atoms with E-state index in [-0.39, 0.29) is 0 Å². The fraction of sp³-hybridized carbons (Fsp3) is 0.400. The second kappa shape index (κ2) is 6.04. The summed E-state index contributed by atoms with van der Waals surface area (Å²) < 4.78 is 37.4. The van der Waals surface area contributed by atoms with Gasteiger partial charge in [-0.1, -0.05) is 24.6 Å². The van der Waals surface area contributed by atoms with Gasteiger partial charge in [-0.3, -0.25) is 4.99 Å². The molecule has 1 aromatic carbocycles. The van der Waals surface area contributed by atoms with Crippen LogP contribution in [0.15, 0.2) is 40.5 Å². The number of benzene rings is 1. The summed E-state index contributed by atoms with van der Waals surface area (Å²) in [4.78, 5) is 4.47. The zero-order chi connectivity index (χ0) is 14.6. The van der Waals surface area contributed by atoms with Gasteiger partial charge in [-0.05, 0) is 44.9 Å². The normalized spacial score (nSPS) is 12.5. The van der Waals surface area contributed by atoms with Crippen LogP contribution in [0.3, 0.4) is 0 Å². The fourth-order valence-electron chi connectivity index (χ4n) is 1.71. The van der Waals surface area contributed by atoms with E-state index in [9.17, 15) is 13.2 Å². The molecule has 0 amide bonds. The molecule has 0 bridgehead atoms. The predicted octanol–water partition coefficient (Wildman–Crippen LogP) is 5.22. The Balaban J connectivity index is 3.05. The Bertz CT molecular complexity index is 489. The highest BCUT2D eigenvalue weighted by Crippen LogP contribution is 2.29. The number of allylic oxidation sites excluding steroid dienone is 2. The van der Waals surface area contributed by atoms with E-state index in [1.54, 1.807) is 6.92 Å². The number of aliphatic imine (C=N–C) groups is 1. The minimum absolute atomic E-state index is 0.637. The molecule has 1 aromatic rings. The van der Waals surface area contributed by atoms with Gasteiger partial charge in [-0.2, -0.15) is 13.2 Å². The van der Waals surface area contributed by atoms with Gasteiger partial charge in [-0.15, -0.1) is 0 Å². The maximum absolute atomic E-state index is 12.5. The van der Waals surface area contributed by atoms with Gasteiger partial charge in [0.15, 0.2) is 0 Å². The van der Waals surface area contributed by atoms with Crippen LogP contribution in [0.2, 0.25) is 0 Å². The molecule has 0 saturated carbocycles. The number of rotatable bonds is 3. The van der Waals surface area contributed by atoms with E-state index in [1.807, 2.05) is 20.8 Å². The van der Waals surface area contributed by atoms with Crippen LogP contribution in [0, 0.1) is 0 Å². The number of hydrogen-bond acceptors (Lipinski definition) is 1. The molecule has 0 aliphatic rings. The zero-order valence-corrected chi connectivity index (χ0v) is 11.6. The lowest BCUT2D eigenvalue weighted by atomic mass is 10.1. The molecule has 0 aromatic heterocycles. The third kappa shape index (κ3) is 4.23. The molecule has 0 atom stereocenters. The summed E-state index contributed by atoms with van der Waals surface area (Å²) in [5, 5.41) is 0. The van der Waals surface area contributed by atoms with E-state index in [1.165, 1.54) is 12.1 Å². The number of alkyl halides is 3. The van der Waals surface area contributed by atoms with Crippen molar-refractivity contribution in [2.45, 2.75) is 40.3 Å². The van der Waals surface area contributed by atoms with Gasteiger partial charge < -0.3 is 0 Å². The van der Waals surface area contributed by atoms with Crippen molar-refractivity contribution in [1.29, 1.82) is 0 Å². The summed E-state index contributed by atoms with van der Waals surface area (Å²) in [6, 6.07) is 5.09. The molecule has 1 rings (SSSR count). The van der Waals surface area contributed by atoms with E-state index in [0.29, 0.717) is 5.56 Å². The molecule has 0 aliphatic carbocycles. The fourth-order valence-corrected chi connectivity index (χ4v) is 1.71. The lowest BCUT2D eigenvalue weighted by molar-refractivity contribution is -0.137. The van der Waals surface area contributed by atoms with E-state index in [2.05, 4.69) is 4.99 Å². The Morgan fingerprint density at radius 1 is 1.05 bits per heavy atom. The molecule has 0 aliphatic heterocycles. The van der Waals surface area contributed by atoms with Crippen LogP contribution in [0.25, 0.3) is 0 Å². The highest BCUT2D eigenvalue weighted by molar-refractivity contribution is 5.99. The van der Waals surface area contributed by atoms with Crippen molar-refractivity contribution in [2.75, 3.05) is 0 Å². The predicted molar refractivity (Wildman–Crippen MR) is 72.3 cm³/mol. The molecule has 0 saturated heterocycles. The van der Waals surface area contributed by atoms with E-state index < -0.39 is 11.7 Å². The SMILES string of the molecule is CCC(N=C(C)c1ccc(C(F)(F)F)cc1)=C(C)C. The van der Waals surface area contributed by atoms with Crippen LogP contribution in [0.5, 0.6) is 0 Å². The van der Waals surface area contributed by atoms with Gasteiger partial charge in [0.2, 0.25) is 0 Å². The molecule has 0 heterocycles. The highest BCUT2D eigenvalue weighted by Gasteiger charge is 2.29. The van der Waals surface area contributed by atoms with E-state index in [4.69, 9.17) is 0 Å². The summed E-state index contributed by atoms with van der Waals surface area (Å²) in [5.41, 5.74) is 2.89. The van der Waals surface area contributed by atoms with Crippen molar-refractivity contribution in [1.82, 2.24) is 0 Å². The van der Waals surface area contributed by atoms with Crippen LogP contribution in [-0.4, -0.2) is 5.71 Å². The van der Waals surface area contributed by atoms with Gasteiger partial charge in [0.25, 0.3) is 0 Å². The first kappa shape index (κ1) is 15.5. The summed E-state index contributed by atoms with van der Waals surface area (Å²) in [6.45, 7) is 7.76. The van der Waals surface area contributed by atoms with Gasteiger partial charge >= 0.3 is 6.18 Å². The molecule has 1 nitrogen and oxygen atoms in total. The van der Waals surface area contributed by atoms with Gasteiger partial charge in [-0.25, -0.2) is 0 Å². The average molecular weight is 269 g/mol. The van der Waals surface area contributed by atoms with Crippen LogP contribution in [-0.2, 0) is 6.18 Å². The third-order valence-corrected chi connectivity index (χ3v) is 2.84. The first-order valence-electron chi connectivity index (χ1n) is 6.15. The second-order valence-corrected chi connectivity index (χ2v) is 4.57. The Kier molecular flexibility index (Phi) is 4.92. The zero-order valence-electron chi connectivity index (χ0n) is 11.6. The molecule has 0 N–H and O–H groups in total. The molecule has 0 radical (unpaired) electrons. The maximum Gasteiger partial charge on any atom is 0.416 e. The van der Waals surface area contributed by atoms with E-state index >= 15 is 0 Å². The van der Waals surface area contributed by atoms with Gasteiger partial charge in [0, 0.05) is 11.4 Å². The van der Waals surface area contributed by atoms with Crippen LogP contribution >= 0.6 is 0 Å². The molecular weight excluding hydrogens is 251 g/mol. The van der Waals surface area contributed by atoms with Gasteiger partial charge in [0.05, 0.1) is 5.56 Å². The summed E-state index contributed by atoms with van der Waals surface area (Å²) >= 11 is 0. The Morgan fingerprint density at radius 2 is 1.58 bits per heavy atom. The number of hydrogen-bond donors (Lipinski definition) is 0. The Labute approximate surface area is 111 Å². The molecule has 4 heteroatoms. The van der Waals surface area contributed by atoms with Crippen molar-refractivity contribution in [3.63, 3.8) is 0 Å².